The fraction of sp³-hybridized carbons (Fsp3) is 0. The summed E-state index contributed by atoms with van der Waals surface area (Å²) in [7, 11) is 0. The molecule has 0 amide bonds. The highest BCUT2D eigenvalue weighted by molar-refractivity contribution is 6.18. The van der Waals surface area contributed by atoms with E-state index in [4.69, 9.17) is 4.74 Å². The summed E-state index contributed by atoms with van der Waals surface area (Å²) in [6.07, 6.45) is 0. The molecular formula is C54H36N2O. The molecule has 0 aromatic heterocycles. The van der Waals surface area contributed by atoms with Gasteiger partial charge in [0, 0.05) is 44.8 Å². The Bertz CT molecular complexity index is 3040. The van der Waals surface area contributed by atoms with Crippen molar-refractivity contribution in [2.75, 3.05) is 9.80 Å². The van der Waals surface area contributed by atoms with Crippen molar-refractivity contribution >= 4 is 66.4 Å². The quantitative estimate of drug-likeness (QED) is 0.152. The number of anilines is 6. The molecule has 268 valence electrons. The van der Waals surface area contributed by atoms with E-state index in [0.717, 1.165) is 67.7 Å². The zero-order chi connectivity index (χ0) is 37.7. The van der Waals surface area contributed by atoms with Crippen LogP contribution in [-0.2, 0) is 0 Å². The minimum Gasteiger partial charge on any atom is -0.456 e. The van der Waals surface area contributed by atoms with Gasteiger partial charge in [0.05, 0.1) is 5.69 Å². The van der Waals surface area contributed by atoms with Crippen molar-refractivity contribution in [3.05, 3.63) is 218 Å². The summed E-state index contributed by atoms with van der Waals surface area (Å²) in [5, 5.41) is 7.13. The minimum atomic E-state index is 0.869. The Labute approximate surface area is 331 Å². The van der Waals surface area contributed by atoms with E-state index in [1.165, 1.54) is 32.5 Å². The second-order valence-electron chi connectivity index (χ2n) is 14.5. The lowest BCUT2D eigenvalue weighted by Gasteiger charge is -2.28. The summed E-state index contributed by atoms with van der Waals surface area (Å²) in [4.78, 5) is 4.66. The smallest absolute Gasteiger partial charge is 0.135 e. The Kier molecular flexibility index (Phi) is 7.82. The van der Waals surface area contributed by atoms with Gasteiger partial charge in [-0.15, -0.1) is 0 Å². The van der Waals surface area contributed by atoms with Crippen LogP contribution in [0.1, 0.15) is 0 Å². The molecule has 57 heavy (non-hydrogen) atoms. The van der Waals surface area contributed by atoms with Gasteiger partial charge in [0.25, 0.3) is 0 Å². The monoisotopic (exact) mass is 728 g/mol. The topological polar surface area (TPSA) is 15.7 Å². The van der Waals surface area contributed by atoms with Crippen LogP contribution in [0.15, 0.2) is 218 Å². The molecule has 0 fully saturated rings. The maximum atomic E-state index is 6.78. The second kappa shape index (κ2) is 13.6. The minimum absolute atomic E-state index is 0.869. The van der Waals surface area contributed by atoms with Gasteiger partial charge < -0.3 is 14.5 Å². The molecule has 0 radical (unpaired) electrons. The van der Waals surface area contributed by atoms with E-state index in [1.807, 2.05) is 0 Å². The third-order valence-corrected chi connectivity index (χ3v) is 11.2. The molecule has 1 heterocycles. The molecule has 0 atom stereocenters. The number of benzene rings is 10. The van der Waals surface area contributed by atoms with Crippen LogP contribution in [-0.4, -0.2) is 0 Å². The van der Waals surface area contributed by atoms with Crippen LogP contribution in [0.3, 0.4) is 0 Å². The first-order valence-electron chi connectivity index (χ1n) is 19.4. The van der Waals surface area contributed by atoms with E-state index in [2.05, 4.69) is 228 Å². The first-order chi connectivity index (χ1) is 28.3. The highest BCUT2D eigenvalue weighted by Gasteiger charge is 2.24. The fourth-order valence-electron chi connectivity index (χ4n) is 8.54. The van der Waals surface area contributed by atoms with Crippen molar-refractivity contribution in [3.63, 3.8) is 0 Å². The van der Waals surface area contributed by atoms with E-state index in [0.29, 0.717) is 0 Å². The number of hydrogen-bond acceptors (Lipinski definition) is 3. The number of rotatable bonds is 7. The predicted octanol–water partition coefficient (Wildman–Crippen LogP) is 15.5. The second-order valence-corrected chi connectivity index (χ2v) is 14.5. The van der Waals surface area contributed by atoms with Crippen molar-refractivity contribution in [1.82, 2.24) is 0 Å². The van der Waals surface area contributed by atoms with Crippen LogP contribution < -0.4 is 14.5 Å². The van der Waals surface area contributed by atoms with Crippen molar-refractivity contribution in [1.29, 1.82) is 0 Å². The molecule has 0 unspecified atom stereocenters. The first-order valence-corrected chi connectivity index (χ1v) is 19.4. The molecule has 0 aliphatic carbocycles. The van der Waals surface area contributed by atoms with Crippen LogP contribution in [0.25, 0.3) is 54.6 Å². The van der Waals surface area contributed by atoms with Gasteiger partial charge in [0.2, 0.25) is 0 Å². The van der Waals surface area contributed by atoms with E-state index in [1.54, 1.807) is 0 Å². The average Bonchev–Trinajstić information content (AvgIpc) is 3.28. The van der Waals surface area contributed by atoms with Crippen molar-refractivity contribution in [3.8, 4) is 33.8 Å². The van der Waals surface area contributed by atoms with Crippen LogP contribution in [0.4, 0.5) is 34.1 Å². The standard InChI is InChI=1S/C54H36N2O/c1-4-16-41(17-5-1)55(42-18-6-2-7-19-42)44-30-26-37(27-31-44)39-29-33-47-50-34-40-28-32-45(36-49(40)48-23-13-25-52(54(48)50)57-53(47)35-39)56(43-20-8-3-9-21-43)51-24-12-15-38-14-10-11-22-46(38)51/h1-36H. The maximum Gasteiger partial charge on any atom is 0.135 e. The molecule has 0 spiro atoms. The summed E-state index contributed by atoms with van der Waals surface area (Å²) >= 11 is 0. The summed E-state index contributed by atoms with van der Waals surface area (Å²) < 4.78 is 6.78. The zero-order valence-corrected chi connectivity index (χ0v) is 31.1. The Morgan fingerprint density at radius 1 is 0.298 bits per heavy atom. The number of nitrogens with zero attached hydrogens (tertiary/aromatic N) is 2. The number of fused-ring (bicyclic) bond motifs is 5. The summed E-state index contributed by atoms with van der Waals surface area (Å²) in [5.74, 6) is 1.75. The molecule has 10 aromatic rings. The Morgan fingerprint density at radius 2 is 0.877 bits per heavy atom. The summed E-state index contributed by atoms with van der Waals surface area (Å²) in [6.45, 7) is 0. The van der Waals surface area contributed by atoms with Gasteiger partial charge in [-0.1, -0.05) is 127 Å². The first kappa shape index (κ1) is 32.8. The molecule has 0 saturated heterocycles. The molecule has 10 aromatic carbocycles. The van der Waals surface area contributed by atoms with Gasteiger partial charge in [-0.2, -0.15) is 0 Å². The molecule has 1 aliphatic rings. The van der Waals surface area contributed by atoms with Crippen molar-refractivity contribution < 1.29 is 4.74 Å². The highest BCUT2D eigenvalue weighted by Crippen LogP contribution is 2.50. The summed E-state index contributed by atoms with van der Waals surface area (Å²) in [5.41, 5.74) is 11.3. The largest absolute Gasteiger partial charge is 0.456 e. The SMILES string of the molecule is c1ccc(N(c2ccccc2)c2ccc(-c3ccc4c(c3)Oc3cccc5c3c-4cc3ccc(N(c4ccccc4)c4cccc6ccccc46)cc35)cc2)cc1. The van der Waals surface area contributed by atoms with E-state index < -0.39 is 0 Å². The lowest BCUT2D eigenvalue weighted by molar-refractivity contribution is 0.487. The van der Waals surface area contributed by atoms with Crippen LogP contribution >= 0.6 is 0 Å². The Balaban J connectivity index is 0.986. The van der Waals surface area contributed by atoms with Gasteiger partial charge in [0.15, 0.2) is 0 Å². The van der Waals surface area contributed by atoms with Crippen molar-refractivity contribution in [2.45, 2.75) is 0 Å². The lowest BCUT2D eigenvalue weighted by atomic mass is 9.89. The van der Waals surface area contributed by atoms with Crippen molar-refractivity contribution in [2.24, 2.45) is 0 Å². The Hall–Kier alpha value is -7.62. The van der Waals surface area contributed by atoms with Gasteiger partial charge >= 0.3 is 0 Å². The van der Waals surface area contributed by atoms with Crippen LogP contribution in [0.5, 0.6) is 11.5 Å². The molecule has 0 saturated carbocycles. The number of para-hydroxylation sites is 3. The van der Waals surface area contributed by atoms with E-state index in [-0.39, 0.29) is 0 Å². The lowest BCUT2D eigenvalue weighted by Crippen LogP contribution is -2.10. The molecule has 3 nitrogen and oxygen atoms in total. The van der Waals surface area contributed by atoms with Gasteiger partial charge in [-0.05, 0) is 129 Å². The third kappa shape index (κ3) is 5.68. The molecule has 0 bridgehead atoms. The predicted molar refractivity (Wildman–Crippen MR) is 239 cm³/mol. The number of ether oxygens (including phenoxy) is 1. The summed E-state index contributed by atoms with van der Waals surface area (Å²) in [6, 6.07) is 77.9. The van der Waals surface area contributed by atoms with Gasteiger partial charge in [-0.25, -0.2) is 0 Å². The van der Waals surface area contributed by atoms with Gasteiger partial charge in [-0.3, -0.25) is 0 Å². The number of hydrogen-bond donors (Lipinski definition) is 0. The highest BCUT2D eigenvalue weighted by atomic mass is 16.5. The van der Waals surface area contributed by atoms with Crippen LogP contribution in [0, 0.1) is 0 Å². The third-order valence-electron chi connectivity index (χ3n) is 11.2. The fourth-order valence-corrected chi connectivity index (χ4v) is 8.54. The normalized spacial score (nSPS) is 11.6. The molecule has 0 N–H and O–H groups in total. The average molecular weight is 729 g/mol. The maximum absolute atomic E-state index is 6.78. The molecular weight excluding hydrogens is 693 g/mol. The molecule has 1 aliphatic heterocycles. The van der Waals surface area contributed by atoms with E-state index >= 15 is 0 Å². The van der Waals surface area contributed by atoms with Gasteiger partial charge in [0.1, 0.15) is 11.5 Å². The zero-order valence-electron chi connectivity index (χ0n) is 31.1. The molecule has 11 rings (SSSR count). The Morgan fingerprint density at radius 3 is 1.61 bits per heavy atom. The van der Waals surface area contributed by atoms with Crippen LogP contribution in [0.2, 0.25) is 0 Å². The van der Waals surface area contributed by atoms with E-state index in [9.17, 15) is 0 Å². The molecule has 3 heteroatoms.